The molecular formula is C8H6ClN3O. The Bertz CT molecular complexity index is 341. The topological polar surface area (TPSA) is 46.4 Å². The molecule has 1 rings (SSSR count). The highest BCUT2D eigenvalue weighted by molar-refractivity contribution is 6.30. The number of rotatable bonds is 2. The van der Waals surface area contributed by atoms with Gasteiger partial charge in [-0.15, -0.1) is 0 Å². The number of amides is 1. The van der Waals surface area contributed by atoms with Crippen LogP contribution in [0, 0.1) is 6.57 Å². The molecule has 5 heteroatoms. The van der Waals surface area contributed by atoms with Crippen molar-refractivity contribution in [1.82, 2.24) is 4.98 Å². The monoisotopic (exact) mass is 195 g/mol. The fourth-order valence-electron chi connectivity index (χ4n) is 0.704. The summed E-state index contributed by atoms with van der Waals surface area (Å²) in [6.07, 6.45) is 1.43. The van der Waals surface area contributed by atoms with Crippen LogP contribution in [0.25, 0.3) is 4.85 Å². The van der Waals surface area contributed by atoms with Crippen molar-refractivity contribution in [2.75, 3.05) is 11.9 Å². The van der Waals surface area contributed by atoms with Crippen LogP contribution in [0.5, 0.6) is 0 Å². The van der Waals surface area contributed by atoms with Crippen LogP contribution >= 0.6 is 11.6 Å². The first-order valence-corrected chi connectivity index (χ1v) is 3.85. The zero-order valence-corrected chi connectivity index (χ0v) is 7.38. The van der Waals surface area contributed by atoms with Gasteiger partial charge in [0.15, 0.2) is 0 Å². The molecule has 1 aromatic rings. The van der Waals surface area contributed by atoms with E-state index in [0.29, 0.717) is 10.8 Å². The molecule has 1 N–H and O–H groups in total. The van der Waals surface area contributed by atoms with Crippen molar-refractivity contribution in [1.29, 1.82) is 0 Å². The Labute approximate surface area is 80.4 Å². The number of aromatic nitrogens is 1. The molecule has 1 aromatic heterocycles. The Balaban J connectivity index is 2.60. The van der Waals surface area contributed by atoms with Gasteiger partial charge in [0.05, 0.1) is 5.02 Å². The number of carbonyl (C=O) groups excluding carboxylic acids is 1. The molecule has 0 radical (unpaired) electrons. The lowest BCUT2D eigenvalue weighted by atomic mass is 10.4. The number of hydrogen-bond acceptors (Lipinski definition) is 2. The van der Waals surface area contributed by atoms with Crippen LogP contribution in [-0.2, 0) is 4.79 Å². The number of halogens is 1. The van der Waals surface area contributed by atoms with Gasteiger partial charge in [0.1, 0.15) is 5.82 Å². The summed E-state index contributed by atoms with van der Waals surface area (Å²) < 4.78 is 0. The second-order valence-corrected chi connectivity index (χ2v) is 2.66. The SMILES string of the molecule is [C-]#[N+]CC(=O)Nc1ccc(Cl)cn1. The molecule has 66 valence electrons. The van der Waals surface area contributed by atoms with E-state index in [9.17, 15) is 4.79 Å². The summed E-state index contributed by atoms with van der Waals surface area (Å²) in [6.45, 7) is 6.27. The largest absolute Gasteiger partial charge is 0.306 e. The van der Waals surface area contributed by atoms with E-state index in [4.69, 9.17) is 18.2 Å². The summed E-state index contributed by atoms with van der Waals surface area (Å²) in [5.41, 5.74) is 0. The van der Waals surface area contributed by atoms with Crippen LogP contribution in [-0.4, -0.2) is 17.4 Å². The second kappa shape index (κ2) is 4.43. The summed E-state index contributed by atoms with van der Waals surface area (Å²) in [4.78, 5) is 17.7. The zero-order valence-electron chi connectivity index (χ0n) is 6.62. The number of anilines is 1. The van der Waals surface area contributed by atoms with Crippen LogP contribution in [0.2, 0.25) is 5.02 Å². The highest BCUT2D eigenvalue weighted by Gasteiger charge is 2.04. The maximum absolute atomic E-state index is 10.9. The summed E-state index contributed by atoms with van der Waals surface area (Å²) in [5.74, 6) is 0.0304. The first-order valence-electron chi connectivity index (χ1n) is 3.47. The Morgan fingerprint density at radius 1 is 1.69 bits per heavy atom. The average molecular weight is 196 g/mol. The quantitative estimate of drug-likeness (QED) is 0.729. The summed E-state index contributed by atoms with van der Waals surface area (Å²) >= 11 is 5.59. The van der Waals surface area contributed by atoms with E-state index in [0.717, 1.165) is 0 Å². The van der Waals surface area contributed by atoms with Gasteiger partial charge in [-0.1, -0.05) is 11.6 Å². The minimum Gasteiger partial charge on any atom is -0.306 e. The predicted molar refractivity (Wildman–Crippen MR) is 49.3 cm³/mol. The number of hydrogen-bond donors (Lipinski definition) is 1. The van der Waals surface area contributed by atoms with E-state index in [1.807, 2.05) is 0 Å². The van der Waals surface area contributed by atoms with Gasteiger partial charge >= 0.3 is 5.91 Å². The van der Waals surface area contributed by atoms with Crippen LogP contribution in [0.15, 0.2) is 18.3 Å². The number of nitrogens with zero attached hydrogens (tertiary/aromatic N) is 2. The molecule has 0 bridgehead atoms. The van der Waals surface area contributed by atoms with Crippen LogP contribution < -0.4 is 5.32 Å². The normalized spacial score (nSPS) is 8.92. The molecule has 13 heavy (non-hydrogen) atoms. The van der Waals surface area contributed by atoms with Gasteiger partial charge in [0.2, 0.25) is 0 Å². The van der Waals surface area contributed by atoms with Gasteiger partial charge in [-0.2, -0.15) is 0 Å². The molecule has 0 aromatic carbocycles. The molecule has 0 unspecified atom stereocenters. The maximum atomic E-state index is 10.9. The van der Waals surface area contributed by atoms with Crippen molar-refractivity contribution in [2.45, 2.75) is 0 Å². The Morgan fingerprint density at radius 3 is 3.00 bits per heavy atom. The van der Waals surface area contributed by atoms with Gasteiger partial charge in [-0.25, -0.2) is 11.6 Å². The number of carbonyl (C=O) groups is 1. The van der Waals surface area contributed by atoms with E-state index in [2.05, 4.69) is 15.1 Å². The molecule has 0 aliphatic heterocycles. The van der Waals surface area contributed by atoms with E-state index in [1.165, 1.54) is 6.20 Å². The Kier molecular flexibility index (Phi) is 3.23. The lowest BCUT2D eigenvalue weighted by Gasteiger charge is -1.98. The smallest absolute Gasteiger partial charge is 0.305 e. The standard InChI is InChI=1S/C8H6ClN3O/c1-10-5-8(13)12-7-3-2-6(9)4-11-7/h2-4H,5H2,(H,11,12,13). The average Bonchev–Trinajstić information content (AvgIpc) is 2.09. The van der Waals surface area contributed by atoms with Crippen molar-refractivity contribution < 1.29 is 4.79 Å². The third-order valence-electron chi connectivity index (χ3n) is 1.22. The first-order chi connectivity index (χ1) is 6.22. The summed E-state index contributed by atoms with van der Waals surface area (Å²) in [7, 11) is 0. The van der Waals surface area contributed by atoms with Crippen molar-refractivity contribution in [2.24, 2.45) is 0 Å². The summed E-state index contributed by atoms with van der Waals surface area (Å²) in [6, 6.07) is 3.19. The molecule has 0 aliphatic rings. The first kappa shape index (κ1) is 9.49. The van der Waals surface area contributed by atoms with E-state index in [-0.39, 0.29) is 12.5 Å². The molecule has 0 saturated carbocycles. The third kappa shape index (κ3) is 3.09. The van der Waals surface area contributed by atoms with Gasteiger partial charge < -0.3 is 10.2 Å². The third-order valence-corrected chi connectivity index (χ3v) is 1.44. The minimum absolute atomic E-state index is 0.190. The van der Waals surface area contributed by atoms with E-state index >= 15 is 0 Å². The molecular weight excluding hydrogens is 190 g/mol. The lowest BCUT2D eigenvalue weighted by molar-refractivity contribution is -0.114. The van der Waals surface area contributed by atoms with Crippen molar-refractivity contribution in [3.8, 4) is 0 Å². The Hall–Kier alpha value is -1.60. The lowest BCUT2D eigenvalue weighted by Crippen LogP contribution is -2.14. The molecule has 0 spiro atoms. The van der Waals surface area contributed by atoms with Crippen molar-refractivity contribution in [3.63, 3.8) is 0 Å². The van der Waals surface area contributed by atoms with Gasteiger partial charge in [-0.3, -0.25) is 4.79 Å². The fraction of sp³-hybridized carbons (Fsp3) is 0.125. The molecule has 0 atom stereocenters. The van der Waals surface area contributed by atoms with Crippen molar-refractivity contribution >= 4 is 23.3 Å². The highest BCUT2D eigenvalue weighted by atomic mass is 35.5. The van der Waals surface area contributed by atoms with Gasteiger partial charge in [0, 0.05) is 6.20 Å². The molecule has 4 nitrogen and oxygen atoms in total. The summed E-state index contributed by atoms with van der Waals surface area (Å²) in [5, 5.41) is 2.95. The van der Waals surface area contributed by atoms with Crippen LogP contribution in [0.4, 0.5) is 5.82 Å². The molecule has 1 amide bonds. The van der Waals surface area contributed by atoms with Gasteiger partial charge in [-0.05, 0) is 12.1 Å². The van der Waals surface area contributed by atoms with Crippen LogP contribution in [0.1, 0.15) is 0 Å². The van der Waals surface area contributed by atoms with E-state index in [1.54, 1.807) is 12.1 Å². The second-order valence-electron chi connectivity index (χ2n) is 2.23. The molecule has 0 fully saturated rings. The Morgan fingerprint density at radius 2 is 2.46 bits per heavy atom. The predicted octanol–water partition coefficient (Wildman–Crippen LogP) is 1.59. The van der Waals surface area contributed by atoms with Gasteiger partial charge in [0.25, 0.3) is 6.54 Å². The number of pyridine rings is 1. The number of nitrogens with one attached hydrogen (secondary N) is 1. The minimum atomic E-state index is -0.371. The zero-order chi connectivity index (χ0) is 9.68. The van der Waals surface area contributed by atoms with Crippen LogP contribution in [0.3, 0.4) is 0 Å². The highest BCUT2D eigenvalue weighted by Crippen LogP contribution is 2.09. The molecule has 0 saturated heterocycles. The fourth-order valence-corrected chi connectivity index (χ4v) is 0.816. The van der Waals surface area contributed by atoms with Crippen molar-refractivity contribution in [3.05, 3.63) is 34.8 Å². The maximum Gasteiger partial charge on any atom is 0.305 e. The molecule has 1 heterocycles. The molecule has 0 aliphatic carbocycles. The van der Waals surface area contributed by atoms with E-state index < -0.39 is 0 Å².